The van der Waals surface area contributed by atoms with Gasteiger partial charge in [-0.25, -0.2) is 0 Å². The van der Waals surface area contributed by atoms with Gasteiger partial charge >= 0.3 is 0 Å². The molecule has 36 heavy (non-hydrogen) atoms. The molecule has 3 rings (SSSR count). The van der Waals surface area contributed by atoms with Gasteiger partial charge in [0.1, 0.15) is 16.7 Å². The van der Waals surface area contributed by atoms with E-state index in [1.807, 2.05) is 26.0 Å². The van der Waals surface area contributed by atoms with E-state index in [0.717, 1.165) is 29.1 Å². The van der Waals surface area contributed by atoms with Gasteiger partial charge in [0.15, 0.2) is 5.69 Å². The normalized spacial score (nSPS) is 11.8. The van der Waals surface area contributed by atoms with Crippen molar-refractivity contribution in [2.45, 2.75) is 40.2 Å². The number of anilines is 2. The number of nitrogens with two attached hydrogens (primary N) is 2. The minimum atomic E-state index is -1.09. The lowest BCUT2D eigenvalue weighted by molar-refractivity contribution is -0.122. The van der Waals surface area contributed by atoms with Crippen LogP contribution in [0, 0.1) is 19.8 Å². The molecule has 2 aromatic carbocycles. The molecule has 0 saturated carbocycles. The van der Waals surface area contributed by atoms with E-state index >= 15 is 0 Å². The SMILES string of the molecule is Cc1ccc(N(C(=O)c2snc(C(N)=O)c2N)C(C(=O)NCCC(C)C)c2ccc(O)cc2)cc1C. The van der Waals surface area contributed by atoms with E-state index in [1.165, 1.54) is 17.0 Å². The predicted molar refractivity (Wildman–Crippen MR) is 141 cm³/mol. The summed E-state index contributed by atoms with van der Waals surface area (Å²) in [5.74, 6) is -1.44. The Morgan fingerprint density at radius 2 is 1.75 bits per heavy atom. The van der Waals surface area contributed by atoms with E-state index in [9.17, 15) is 19.5 Å². The van der Waals surface area contributed by atoms with Crippen molar-refractivity contribution < 1.29 is 19.5 Å². The number of carbonyl (C=O) groups is 3. The second-order valence-corrected chi connectivity index (χ2v) is 9.82. The molecule has 1 atom stereocenters. The summed E-state index contributed by atoms with van der Waals surface area (Å²) >= 11 is 0.753. The molecule has 0 radical (unpaired) electrons. The Bertz CT molecular complexity index is 1270. The molecule has 0 saturated heterocycles. The molecule has 3 aromatic rings. The molecule has 0 bridgehead atoms. The van der Waals surface area contributed by atoms with Gasteiger partial charge in [-0.05, 0) is 78.7 Å². The van der Waals surface area contributed by atoms with Crippen LogP contribution in [0.5, 0.6) is 5.75 Å². The van der Waals surface area contributed by atoms with Gasteiger partial charge in [0.25, 0.3) is 11.8 Å². The maximum atomic E-state index is 14.0. The summed E-state index contributed by atoms with van der Waals surface area (Å²) in [7, 11) is 0. The maximum absolute atomic E-state index is 14.0. The molecule has 0 aliphatic heterocycles. The lowest BCUT2D eigenvalue weighted by Crippen LogP contribution is -2.44. The molecule has 0 spiro atoms. The first kappa shape index (κ1) is 26.7. The van der Waals surface area contributed by atoms with Crippen LogP contribution < -0.4 is 21.7 Å². The van der Waals surface area contributed by atoms with Gasteiger partial charge in [-0.15, -0.1) is 0 Å². The number of hydrogen-bond donors (Lipinski definition) is 4. The third-order valence-electron chi connectivity index (χ3n) is 5.88. The van der Waals surface area contributed by atoms with Crippen molar-refractivity contribution in [1.29, 1.82) is 0 Å². The van der Waals surface area contributed by atoms with Gasteiger partial charge in [0.05, 0.1) is 5.69 Å². The number of carbonyl (C=O) groups excluding carboxylic acids is 3. The second-order valence-electron chi connectivity index (χ2n) is 9.05. The number of benzene rings is 2. The predicted octanol–water partition coefficient (Wildman–Crippen LogP) is 3.70. The fourth-order valence-corrected chi connectivity index (χ4v) is 4.39. The number of aromatic nitrogens is 1. The second kappa shape index (κ2) is 11.2. The molecular weight excluding hydrogens is 478 g/mol. The van der Waals surface area contributed by atoms with Crippen molar-refractivity contribution in [3.8, 4) is 5.75 Å². The van der Waals surface area contributed by atoms with Crippen LogP contribution in [0.3, 0.4) is 0 Å². The number of primary amides is 1. The van der Waals surface area contributed by atoms with Crippen LogP contribution in [0.25, 0.3) is 0 Å². The lowest BCUT2D eigenvalue weighted by Gasteiger charge is -2.32. The topological polar surface area (TPSA) is 152 Å². The lowest BCUT2D eigenvalue weighted by atomic mass is 10.0. The Morgan fingerprint density at radius 1 is 1.08 bits per heavy atom. The molecule has 6 N–H and O–H groups in total. The van der Waals surface area contributed by atoms with E-state index in [0.29, 0.717) is 23.7 Å². The third-order valence-corrected chi connectivity index (χ3v) is 6.73. The van der Waals surface area contributed by atoms with E-state index in [1.54, 1.807) is 18.2 Å². The first-order chi connectivity index (χ1) is 17.0. The number of amides is 3. The van der Waals surface area contributed by atoms with Crippen LogP contribution in [0.2, 0.25) is 0 Å². The Kier molecular flexibility index (Phi) is 8.31. The van der Waals surface area contributed by atoms with Gasteiger partial charge in [-0.3, -0.25) is 19.3 Å². The molecule has 190 valence electrons. The average molecular weight is 510 g/mol. The minimum Gasteiger partial charge on any atom is -0.508 e. The molecule has 0 fully saturated rings. The summed E-state index contributed by atoms with van der Waals surface area (Å²) in [6.07, 6.45) is 0.759. The molecule has 1 aromatic heterocycles. The summed E-state index contributed by atoms with van der Waals surface area (Å²) in [4.78, 5) is 40.7. The van der Waals surface area contributed by atoms with Gasteiger partial charge < -0.3 is 21.9 Å². The zero-order valence-electron chi connectivity index (χ0n) is 20.7. The van der Waals surface area contributed by atoms with Crippen LogP contribution in [0.15, 0.2) is 42.5 Å². The molecule has 0 aliphatic rings. The highest BCUT2D eigenvalue weighted by molar-refractivity contribution is 7.09. The number of nitrogen functional groups attached to an aromatic ring is 1. The number of aromatic hydroxyl groups is 1. The molecular formula is C26H31N5O4S. The van der Waals surface area contributed by atoms with Crippen molar-refractivity contribution in [1.82, 2.24) is 9.69 Å². The largest absolute Gasteiger partial charge is 0.508 e. The van der Waals surface area contributed by atoms with Crippen LogP contribution in [0.4, 0.5) is 11.4 Å². The number of phenols is 1. The van der Waals surface area contributed by atoms with Crippen molar-refractivity contribution >= 4 is 40.6 Å². The standard InChI is InChI=1S/C26H31N5O4S/c1-14(2)11-12-29-25(34)22(17-6-9-19(32)10-7-17)31(18-8-5-15(3)16(4)13-18)26(35)23-20(27)21(24(28)33)30-36-23/h5-10,13-14,22,32H,11-12,27H2,1-4H3,(H2,28,33)(H,29,34). The molecule has 0 aliphatic carbocycles. The van der Waals surface area contributed by atoms with Crippen molar-refractivity contribution in [3.05, 3.63) is 69.7 Å². The molecule has 1 heterocycles. The Labute approximate surface area is 214 Å². The Hall–Kier alpha value is -3.92. The van der Waals surface area contributed by atoms with E-state index in [2.05, 4.69) is 23.5 Å². The van der Waals surface area contributed by atoms with Crippen molar-refractivity contribution in [2.24, 2.45) is 11.7 Å². The quantitative estimate of drug-likeness (QED) is 0.345. The number of nitrogens with zero attached hydrogens (tertiary/aromatic N) is 2. The Balaban J connectivity index is 2.18. The molecule has 1 unspecified atom stereocenters. The van der Waals surface area contributed by atoms with E-state index < -0.39 is 23.8 Å². The van der Waals surface area contributed by atoms with Crippen LogP contribution >= 0.6 is 11.5 Å². The zero-order chi connectivity index (χ0) is 26.6. The summed E-state index contributed by atoms with van der Waals surface area (Å²) in [6.45, 7) is 8.39. The first-order valence-corrected chi connectivity index (χ1v) is 12.3. The number of nitrogens with one attached hydrogen (secondary N) is 1. The summed E-state index contributed by atoms with van der Waals surface area (Å²) in [5.41, 5.74) is 14.0. The molecule has 3 amide bonds. The highest BCUT2D eigenvalue weighted by Crippen LogP contribution is 2.34. The molecule has 10 heteroatoms. The number of rotatable bonds is 9. The first-order valence-electron chi connectivity index (χ1n) is 11.5. The van der Waals surface area contributed by atoms with Crippen molar-refractivity contribution in [2.75, 3.05) is 17.2 Å². The zero-order valence-corrected chi connectivity index (χ0v) is 21.6. The highest BCUT2D eigenvalue weighted by atomic mass is 32.1. The maximum Gasteiger partial charge on any atom is 0.273 e. The fraction of sp³-hybridized carbons (Fsp3) is 0.308. The highest BCUT2D eigenvalue weighted by Gasteiger charge is 2.36. The summed E-state index contributed by atoms with van der Waals surface area (Å²) in [5, 5.41) is 12.8. The van der Waals surface area contributed by atoms with Crippen molar-refractivity contribution in [3.63, 3.8) is 0 Å². The van der Waals surface area contributed by atoms with Gasteiger partial charge in [0, 0.05) is 12.2 Å². The van der Waals surface area contributed by atoms with E-state index in [-0.39, 0.29) is 22.0 Å². The van der Waals surface area contributed by atoms with Crippen LogP contribution in [0.1, 0.15) is 63.2 Å². The van der Waals surface area contributed by atoms with Crippen LogP contribution in [-0.2, 0) is 4.79 Å². The monoisotopic (exact) mass is 509 g/mol. The fourth-order valence-electron chi connectivity index (χ4n) is 3.65. The smallest absolute Gasteiger partial charge is 0.273 e. The molecule has 9 nitrogen and oxygen atoms in total. The summed E-state index contributed by atoms with van der Waals surface area (Å²) in [6, 6.07) is 10.4. The third kappa shape index (κ3) is 5.83. The average Bonchev–Trinajstić information content (AvgIpc) is 3.21. The summed E-state index contributed by atoms with van der Waals surface area (Å²) < 4.78 is 3.96. The van der Waals surface area contributed by atoms with Gasteiger partial charge in [0.2, 0.25) is 5.91 Å². The van der Waals surface area contributed by atoms with E-state index in [4.69, 9.17) is 11.5 Å². The number of hydrogen-bond acceptors (Lipinski definition) is 7. The number of phenolic OH excluding ortho intramolecular Hbond substituents is 1. The van der Waals surface area contributed by atoms with Crippen LogP contribution in [-0.4, -0.2) is 33.7 Å². The minimum absolute atomic E-state index is 0.000729. The Morgan fingerprint density at radius 3 is 2.31 bits per heavy atom. The number of aryl methyl sites for hydroxylation is 2. The van der Waals surface area contributed by atoms with Gasteiger partial charge in [-0.2, -0.15) is 4.37 Å². The van der Waals surface area contributed by atoms with Gasteiger partial charge in [-0.1, -0.05) is 32.0 Å².